The number of nitrogens with zero attached hydrogens (tertiary/aromatic N) is 2. The fourth-order valence-corrected chi connectivity index (χ4v) is 4.28. The quantitative estimate of drug-likeness (QED) is 0.626. The van der Waals surface area contributed by atoms with E-state index in [2.05, 4.69) is 10.4 Å². The van der Waals surface area contributed by atoms with Gasteiger partial charge in [-0.25, -0.2) is 8.42 Å². The van der Waals surface area contributed by atoms with E-state index in [4.69, 9.17) is 4.42 Å². The molecule has 0 saturated heterocycles. The molecule has 3 aromatic rings. The molecule has 1 aromatic carbocycles. The van der Waals surface area contributed by atoms with Crippen molar-refractivity contribution >= 4 is 15.7 Å². The third kappa shape index (κ3) is 4.69. The van der Waals surface area contributed by atoms with Crippen molar-refractivity contribution in [3.05, 3.63) is 71.9 Å². The normalized spacial score (nSPS) is 12.6. The number of aromatic nitrogens is 2. The lowest BCUT2D eigenvalue weighted by Gasteiger charge is -2.18. The van der Waals surface area contributed by atoms with Crippen molar-refractivity contribution in [3.63, 3.8) is 0 Å². The lowest BCUT2D eigenvalue weighted by molar-refractivity contribution is -0.120. The van der Waals surface area contributed by atoms with Crippen molar-refractivity contribution in [2.45, 2.75) is 31.2 Å². The molecule has 0 aliphatic rings. The highest BCUT2D eigenvalue weighted by molar-refractivity contribution is 7.91. The number of rotatable bonds is 8. The fourth-order valence-electron chi connectivity index (χ4n) is 3.02. The van der Waals surface area contributed by atoms with Gasteiger partial charge in [0.1, 0.15) is 11.8 Å². The molecule has 0 radical (unpaired) electrons. The standard InChI is InChI=1S/C20H23N3O4S/c1-15-13-16(2)23(22-15)18(19-9-6-11-27-19)14-21-20(24)10-12-28(25,26)17-7-4-3-5-8-17/h3-9,11,13,18H,10,12,14H2,1-2H3,(H,21,24). The van der Waals surface area contributed by atoms with Crippen molar-refractivity contribution in [2.24, 2.45) is 0 Å². The molecule has 0 fully saturated rings. The molecule has 1 amide bonds. The van der Waals surface area contributed by atoms with Crippen LogP contribution in [0.15, 0.2) is 64.1 Å². The van der Waals surface area contributed by atoms with E-state index in [1.807, 2.05) is 26.0 Å². The molecule has 28 heavy (non-hydrogen) atoms. The summed E-state index contributed by atoms with van der Waals surface area (Å²) >= 11 is 0. The number of carbonyl (C=O) groups excluding carboxylic acids is 1. The molecule has 1 unspecified atom stereocenters. The SMILES string of the molecule is Cc1cc(C)n(C(CNC(=O)CCS(=O)(=O)c2ccccc2)c2ccco2)n1. The number of aryl methyl sites for hydroxylation is 2. The highest BCUT2D eigenvalue weighted by Crippen LogP contribution is 2.20. The summed E-state index contributed by atoms with van der Waals surface area (Å²) in [4.78, 5) is 12.5. The van der Waals surface area contributed by atoms with E-state index in [9.17, 15) is 13.2 Å². The number of nitrogens with one attached hydrogen (secondary N) is 1. The molecule has 8 heteroatoms. The zero-order chi connectivity index (χ0) is 20.1. The lowest BCUT2D eigenvalue weighted by Crippen LogP contribution is -2.33. The van der Waals surface area contributed by atoms with Gasteiger partial charge >= 0.3 is 0 Å². The smallest absolute Gasteiger partial charge is 0.221 e. The van der Waals surface area contributed by atoms with E-state index < -0.39 is 9.84 Å². The minimum absolute atomic E-state index is 0.112. The number of hydrogen-bond donors (Lipinski definition) is 1. The van der Waals surface area contributed by atoms with Crippen molar-refractivity contribution in [1.82, 2.24) is 15.1 Å². The first-order valence-corrected chi connectivity index (χ1v) is 10.6. The van der Waals surface area contributed by atoms with Crippen LogP contribution in [0.25, 0.3) is 0 Å². The summed E-state index contributed by atoms with van der Waals surface area (Å²) in [6, 6.07) is 13.4. The summed E-state index contributed by atoms with van der Waals surface area (Å²) in [5, 5.41) is 7.28. The number of benzene rings is 1. The Hall–Kier alpha value is -2.87. The fraction of sp³-hybridized carbons (Fsp3) is 0.300. The maximum Gasteiger partial charge on any atom is 0.221 e. The molecular weight excluding hydrogens is 378 g/mol. The van der Waals surface area contributed by atoms with Crippen LogP contribution in [0.3, 0.4) is 0 Å². The Labute approximate surface area is 164 Å². The van der Waals surface area contributed by atoms with Gasteiger partial charge in [0, 0.05) is 18.7 Å². The van der Waals surface area contributed by atoms with Crippen LogP contribution in [0, 0.1) is 13.8 Å². The Kier molecular flexibility index (Phi) is 5.99. The van der Waals surface area contributed by atoms with Crippen LogP contribution in [-0.2, 0) is 14.6 Å². The van der Waals surface area contributed by atoms with Crippen LogP contribution >= 0.6 is 0 Å². The van der Waals surface area contributed by atoms with Gasteiger partial charge in [-0.3, -0.25) is 9.48 Å². The molecule has 0 saturated carbocycles. The molecule has 0 bridgehead atoms. The maximum atomic E-state index is 12.3. The second kappa shape index (κ2) is 8.43. The lowest BCUT2D eigenvalue weighted by atomic mass is 10.2. The Morgan fingerprint density at radius 3 is 2.54 bits per heavy atom. The zero-order valence-electron chi connectivity index (χ0n) is 15.8. The number of amides is 1. The van der Waals surface area contributed by atoms with Crippen molar-refractivity contribution in [2.75, 3.05) is 12.3 Å². The number of carbonyl (C=O) groups is 1. The maximum absolute atomic E-state index is 12.3. The number of hydrogen-bond acceptors (Lipinski definition) is 5. The van der Waals surface area contributed by atoms with Gasteiger partial charge in [-0.15, -0.1) is 0 Å². The summed E-state index contributed by atoms with van der Waals surface area (Å²) in [5.74, 6) is 0.0924. The predicted molar refractivity (Wildman–Crippen MR) is 105 cm³/mol. The Morgan fingerprint density at radius 2 is 1.93 bits per heavy atom. The van der Waals surface area contributed by atoms with Gasteiger partial charge in [-0.05, 0) is 44.2 Å². The molecule has 7 nitrogen and oxygen atoms in total. The number of furan rings is 1. The largest absolute Gasteiger partial charge is 0.467 e. The molecule has 3 rings (SSSR count). The summed E-state index contributed by atoms with van der Waals surface area (Å²) in [6.45, 7) is 4.08. The first-order valence-electron chi connectivity index (χ1n) is 8.97. The Morgan fingerprint density at radius 1 is 1.18 bits per heavy atom. The Bertz CT molecular complexity index is 1020. The van der Waals surface area contributed by atoms with E-state index in [0.29, 0.717) is 5.76 Å². The zero-order valence-corrected chi connectivity index (χ0v) is 16.6. The van der Waals surface area contributed by atoms with Gasteiger partial charge in [-0.1, -0.05) is 18.2 Å². The van der Waals surface area contributed by atoms with Crippen LogP contribution in [0.2, 0.25) is 0 Å². The first-order chi connectivity index (χ1) is 13.4. The van der Waals surface area contributed by atoms with E-state index in [1.165, 1.54) is 12.1 Å². The predicted octanol–water partition coefficient (Wildman–Crippen LogP) is 2.66. The van der Waals surface area contributed by atoms with E-state index >= 15 is 0 Å². The second-order valence-corrected chi connectivity index (χ2v) is 8.70. The van der Waals surface area contributed by atoms with E-state index in [-0.39, 0.29) is 35.6 Å². The number of sulfone groups is 1. The average molecular weight is 401 g/mol. The van der Waals surface area contributed by atoms with Gasteiger partial charge in [0.2, 0.25) is 5.91 Å². The third-order valence-electron chi connectivity index (χ3n) is 4.40. The van der Waals surface area contributed by atoms with Crippen LogP contribution in [0.5, 0.6) is 0 Å². The van der Waals surface area contributed by atoms with Crippen LogP contribution < -0.4 is 5.32 Å². The molecule has 2 heterocycles. The molecular formula is C20H23N3O4S. The van der Waals surface area contributed by atoms with Gasteiger partial charge in [0.15, 0.2) is 9.84 Å². The van der Waals surface area contributed by atoms with Gasteiger partial charge in [0.05, 0.1) is 22.6 Å². The monoisotopic (exact) mass is 401 g/mol. The second-order valence-electron chi connectivity index (χ2n) is 6.59. The van der Waals surface area contributed by atoms with E-state index in [0.717, 1.165) is 11.4 Å². The minimum Gasteiger partial charge on any atom is -0.467 e. The third-order valence-corrected chi connectivity index (χ3v) is 6.14. The molecule has 1 N–H and O–H groups in total. The Balaban J connectivity index is 1.64. The minimum atomic E-state index is -3.49. The molecule has 0 aliphatic carbocycles. The highest BCUT2D eigenvalue weighted by Gasteiger charge is 2.21. The van der Waals surface area contributed by atoms with Gasteiger partial charge < -0.3 is 9.73 Å². The van der Waals surface area contributed by atoms with Crippen LogP contribution in [0.1, 0.15) is 29.6 Å². The van der Waals surface area contributed by atoms with Crippen molar-refractivity contribution in [1.29, 1.82) is 0 Å². The molecule has 2 aromatic heterocycles. The molecule has 1 atom stereocenters. The summed E-state index contributed by atoms with van der Waals surface area (Å²) in [5.41, 5.74) is 1.81. The molecule has 0 aliphatic heterocycles. The van der Waals surface area contributed by atoms with E-state index in [1.54, 1.807) is 35.2 Å². The molecule has 148 valence electrons. The summed E-state index contributed by atoms with van der Waals surface area (Å²) < 4.78 is 32.0. The van der Waals surface area contributed by atoms with Gasteiger partial charge in [0.25, 0.3) is 0 Å². The molecule has 0 spiro atoms. The average Bonchev–Trinajstić information content (AvgIpc) is 3.31. The van der Waals surface area contributed by atoms with Gasteiger partial charge in [-0.2, -0.15) is 5.10 Å². The first kappa shape index (κ1) is 19.9. The topological polar surface area (TPSA) is 94.2 Å². The summed E-state index contributed by atoms with van der Waals surface area (Å²) in [6.07, 6.45) is 1.46. The van der Waals surface area contributed by atoms with Crippen molar-refractivity contribution in [3.8, 4) is 0 Å². The van der Waals surface area contributed by atoms with Crippen LogP contribution in [0.4, 0.5) is 0 Å². The summed E-state index contributed by atoms with van der Waals surface area (Å²) in [7, 11) is -3.49. The van der Waals surface area contributed by atoms with Crippen molar-refractivity contribution < 1.29 is 17.6 Å². The highest BCUT2D eigenvalue weighted by atomic mass is 32.2. The van der Waals surface area contributed by atoms with Crippen LogP contribution in [-0.4, -0.2) is 36.4 Å².